The molecular formula is C29H34N2O10. The Kier molecular flexibility index (Phi) is 8.05. The van der Waals surface area contributed by atoms with Gasteiger partial charge in [0.05, 0.1) is 36.2 Å². The summed E-state index contributed by atoms with van der Waals surface area (Å²) in [6.45, 7) is 3.77. The minimum absolute atomic E-state index is 0.228. The highest BCUT2D eigenvalue weighted by molar-refractivity contribution is 6.32. The van der Waals surface area contributed by atoms with Crippen molar-refractivity contribution in [2.45, 2.75) is 50.4 Å². The number of carbonyl (C=O) groups excluding carboxylic acids is 6. The Balaban J connectivity index is 1.86. The molecule has 3 aliphatic rings. The number of primary amides is 1. The molecule has 1 amide bonds. The molecule has 1 aromatic rings. The fourth-order valence-electron chi connectivity index (χ4n) is 6.77. The lowest BCUT2D eigenvalue weighted by molar-refractivity contribution is -0.196. The van der Waals surface area contributed by atoms with Gasteiger partial charge >= 0.3 is 5.97 Å². The first-order valence-corrected chi connectivity index (χ1v) is 13.4. The number of likely N-dealkylation sites (N-methyl/N-ethyl adjacent to an activating group) is 1. The number of unbranched alkanes of at least 4 members (excludes halogenated alkanes) is 1. The minimum atomic E-state index is -3.06. The summed E-state index contributed by atoms with van der Waals surface area (Å²) in [5.74, 6) is -14.8. The molecule has 3 aliphatic carbocycles. The van der Waals surface area contributed by atoms with E-state index in [0.717, 1.165) is 12.5 Å². The number of benzene rings is 1. The minimum Gasteiger partial charge on any atom is -0.507 e. The second kappa shape index (κ2) is 10.9. The SMILES string of the molecule is CCCCOC(=O)C=Cc1ccc(O)c2c1[C@@H](C)[C@H]1C(C2=O)C(=O)[C@@]2(O)C(=O)C(C(N)=O)C(=O)[C@H](N(C)C)[C@H]2[C@@H]1O. The van der Waals surface area contributed by atoms with Gasteiger partial charge in [-0.15, -0.1) is 0 Å². The molecule has 0 spiro atoms. The number of Topliss-reactive ketones (excluding diaryl/α,β-unsaturated/α-hetero) is 4. The van der Waals surface area contributed by atoms with Crippen LogP contribution in [-0.2, 0) is 28.7 Å². The van der Waals surface area contributed by atoms with Gasteiger partial charge in [0.2, 0.25) is 5.91 Å². The highest BCUT2D eigenvalue weighted by atomic mass is 16.5. The van der Waals surface area contributed by atoms with Gasteiger partial charge in [0, 0.05) is 12.0 Å². The van der Waals surface area contributed by atoms with Crippen LogP contribution < -0.4 is 5.73 Å². The molecule has 8 atom stereocenters. The zero-order chi connectivity index (χ0) is 30.5. The average Bonchev–Trinajstić information content (AvgIpc) is 2.89. The monoisotopic (exact) mass is 570 g/mol. The molecule has 0 radical (unpaired) electrons. The van der Waals surface area contributed by atoms with E-state index < -0.39 is 88.1 Å². The number of ketones is 4. The van der Waals surface area contributed by atoms with Crippen molar-refractivity contribution in [1.29, 1.82) is 0 Å². The Morgan fingerprint density at radius 2 is 1.80 bits per heavy atom. The summed E-state index contributed by atoms with van der Waals surface area (Å²) >= 11 is 0. The van der Waals surface area contributed by atoms with E-state index in [1.54, 1.807) is 6.92 Å². The van der Waals surface area contributed by atoms with E-state index in [-0.39, 0.29) is 17.7 Å². The van der Waals surface area contributed by atoms with Crippen molar-refractivity contribution in [3.63, 3.8) is 0 Å². The van der Waals surface area contributed by atoms with Gasteiger partial charge in [-0.1, -0.05) is 26.3 Å². The summed E-state index contributed by atoms with van der Waals surface area (Å²) in [5.41, 5.74) is 2.59. The van der Waals surface area contributed by atoms with Gasteiger partial charge in [-0.2, -0.15) is 0 Å². The van der Waals surface area contributed by atoms with Crippen molar-refractivity contribution in [2.24, 2.45) is 29.4 Å². The third-order valence-corrected chi connectivity index (χ3v) is 8.64. The number of hydrogen-bond donors (Lipinski definition) is 4. The van der Waals surface area contributed by atoms with Crippen molar-refractivity contribution in [1.82, 2.24) is 4.90 Å². The van der Waals surface area contributed by atoms with Gasteiger partial charge in [0.25, 0.3) is 0 Å². The van der Waals surface area contributed by atoms with E-state index >= 15 is 0 Å². The van der Waals surface area contributed by atoms with Crippen LogP contribution in [0.4, 0.5) is 0 Å². The summed E-state index contributed by atoms with van der Waals surface area (Å²) in [4.78, 5) is 80.1. The number of aliphatic hydroxyl groups excluding tert-OH is 1. The third-order valence-electron chi connectivity index (χ3n) is 8.64. The average molecular weight is 571 g/mol. The summed E-state index contributed by atoms with van der Waals surface area (Å²) in [6.07, 6.45) is 2.33. The molecular weight excluding hydrogens is 536 g/mol. The molecule has 0 heterocycles. The number of amides is 1. The van der Waals surface area contributed by atoms with Crippen LogP contribution in [0.5, 0.6) is 5.75 Å². The second-order valence-electron chi connectivity index (χ2n) is 11.2. The lowest BCUT2D eigenvalue weighted by Crippen LogP contribution is -2.77. The molecule has 0 bridgehead atoms. The predicted octanol–water partition coefficient (Wildman–Crippen LogP) is -0.245. The van der Waals surface area contributed by atoms with Gasteiger partial charge in [-0.05, 0) is 49.7 Å². The van der Waals surface area contributed by atoms with Gasteiger partial charge in [0.15, 0.2) is 34.7 Å². The third kappa shape index (κ3) is 4.50. The van der Waals surface area contributed by atoms with Crippen LogP contribution in [0.1, 0.15) is 54.1 Å². The Hall–Kier alpha value is -3.74. The van der Waals surface area contributed by atoms with E-state index in [1.165, 1.54) is 37.2 Å². The van der Waals surface area contributed by atoms with E-state index in [0.29, 0.717) is 12.0 Å². The van der Waals surface area contributed by atoms with Gasteiger partial charge in [-0.3, -0.25) is 28.9 Å². The topological polar surface area (TPSA) is 202 Å². The number of esters is 1. The molecule has 0 saturated heterocycles. The highest BCUT2D eigenvalue weighted by Gasteiger charge is 2.73. The van der Waals surface area contributed by atoms with Gasteiger partial charge < -0.3 is 25.8 Å². The zero-order valence-corrected chi connectivity index (χ0v) is 23.2. The van der Waals surface area contributed by atoms with Gasteiger partial charge in [-0.25, -0.2) is 4.79 Å². The van der Waals surface area contributed by atoms with Crippen LogP contribution in [0.15, 0.2) is 18.2 Å². The summed E-state index contributed by atoms with van der Waals surface area (Å²) < 4.78 is 5.13. The maximum atomic E-state index is 14.0. The van der Waals surface area contributed by atoms with Crippen molar-refractivity contribution >= 4 is 41.1 Å². The van der Waals surface area contributed by atoms with E-state index in [9.17, 15) is 44.1 Å². The van der Waals surface area contributed by atoms with Crippen LogP contribution in [0, 0.1) is 23.7 Å². The first kappa shape index (κ1) is 30.2. The molecule has 1 aromatic carbocycles. The standard InChI is InChI=1S/C29H34N2O10/c1-5-6-11-41-15(33)10-8-13-7-9-14(32)18-16(13)12(2)17-19(23(18)34)26(37)29(40)21(24(17)35)22(31(3)4)25(36)20(27(29)38)28(30)39/h7-10,12,17,19-22,24,32,35,40H,5-6,11H2,1-4H3,(H2,30,39)/t12-,17+,19?,20?,21+,22-,24-,29-/m1/s1. The maximum Gasteiger partial charge on any atom is 0.330 e. The quantitative estimate of drug-likeness (QED) is 0.146. The number of nitrogens with zero attached hydrogens (tertiary/aromatic N) is 1. The number of aliphatic hydroxyl groups is 2. The molecule has 4 rings (SSSR count). The highest BCUT2D eigenvalue weighted by Crippen LogP contribution is 2.55. The van der Waals surface area contributed by atoms with Crippen LogP contribution in [-0.4, -0.2) is 93.7 Å². The predicted molar refractivity (Wildman–Crippen MR) is 142 cm³/mol. The number of rotatable bonds is 7. The summed E-state index contributed by atoms with van der Waals surface area (Å²) in [6, 6.07) is 1.22. The number of nitrogens with two attached hydrogens (primary N) is 1. The Bertz CT molecular complexity index is 1370. The Morgan fingerprint density at radius 1 is 1.15 bits per heavy atom. The first-order chi connectivity index (χ1) is 19.2. The molecule has 41 heavy (non-hydrogen) atoms. The molecule has 2 unspecified atom stereocenters. The fourth-order valence-corrected chi connectivity index (χ4v) is 6.77. The lowest BCUT2D eigenvalue weighted by Gasteiger charge is -2.56. The Labute approximate surface area is 236 Å². The number of ether oxygens (including phenoxy) is 1. The second-order valence-corrected chi connectivity index (χ2v) is 11.2. The van der Waals surface area contributed by atoms with Crippen molar-refractivity contribution in [3.05, 3.63) is 34.9 Å². The van der Waals surface area contributed by atoms with Crippen LogP contribution in [0.2, 0.25) is 0 Å². The van der Waals surface area contributed by atoms with Crippen molar-refractivity contribution < 1.29 is 48.8 Å². The smallest absolute Gasteiger partial charge is 0.330 e. The molecule has 2 fully saturated rings. The van der Waals surface area contributed by atoms with E-state index in [4.69, 9.17) is 10.5 Å². The normalized spacial score (nSPS) is 33.0. The van der Waals surface area contributed by atoms with Crippen molar-refractivity contribution in [3.8, 4) is 5.75 Å². The van der Waals surface area contributed by atoms with Crippen LogP contribution in [0.3, 0.4) is 0 Å². The molecule has 12 nitrogen and oxygen atoms in total. The van der Waals surface area contributed by atoms with E-state index in [2.05, 4.69) is 0 Å². The molecule has 0 aromatic heterocycles. The molecule has 0 aliphatic heterocycles. The molecule has 12 heteroatoms. The van der Waals surface area contributed by atoms with Crippen LogP contribution >= 0.6 is 0 Å². The fraction of sp³-hybridized carbons (Fsp3) is 0.517. The maximum absolute atomic E-state index is 14.0. The van der Waals surface area contributed by atoms with Gasteiger partial charge in [0.1, 0.15) is 5.75 Å². The largest absolute Gasteiger partial charge is 0.507 e. The number of phenols is 1. The summed E-state index contributed by atoms with van der Waals surface area (Å²) in [5, 5.41) is 34.1. The zero-order valence-electron chi connectivity index (χ0n) is 23.2. The number of fused-ring (bicyclic) bond motifs is 3. The number of hydrogen-bond acceptors (Lipinski definition) is 11. The molecule has 5 N–H and O–H groups in total. The van der Waals surface area contributed by atoms with Crippen LogP contribution in [0.25, 0.3) is 6.08 Å². The molecule has 2 saturated carbocycles. The number of carbonyl (C=O) groups is 6. The first-order valence-electron chi connectivity index (χ1n) is 13.4. The number of aromatic hydroxyl groups is 1. The lowest BCUT2D eigenvalue weighted by atomic mass is 9.49. The summed E-state index contributed by atoms with van der Waals surface area (Å²) in [7, 11) is 2.84. The number of phenolic OH excluding ortho intramolecular Hbond substituents is 1. The van der Waals surface area contributed by atoms with Crippen molar-refractivity contribution in [2.75, 3.05) is 20.7 Å². The Morgan fingerprint density at radius 3 is 2.39 bits per heavy atom. The molecule has 220 valence electrons. The van der Waals surface area contributed by atoms with E-state index in [1.807, 2.05) is 6.92 Å².